The largest absolute Gasteiger partial charge is 0.486 e. The van der Waals surface area contributed by atoms with Gasteiger partial charge in [0.15, 0.2) is 0 Å². The number of carbonyl (C=O) groups excluding carboxylic acids is 1. The van der Waals surface area contributed by atoms with Crippen LogP contribution in [-0.2, 0) is 4.79 Å². The quantitative estimate of drug-likeness (QED) is 0.780. The van der Waals surface area contributed by atoms with E-state index < -0.39 is 0 Å². The van der Waals surface area contributed by atoms with E-state index in [4.69, 9.17) is 10.5 Å². The van der Waals surface area contributed by atoms with Crippen LogP contribution >= 0.6 is 0 Å². The number of fused-ring (bicyclic) bond motifs is 1. The van der Waals surface area contributed by atoms with Gasteiger partial charge in [-0.2, -0.15) is 0 Å². The summed E-state index contributed by atoms with van der Waals surface area (Å²) < 4.78 is 5.93. The van der Waals surface area contributed by atoms with Gasteiger partial charge in [0.2, 0.25) is 5.91 Å². The molecule has 1 amide bonds. The van der Waals surface area contributed by atoms with Crippen LogP contribution in [-0.4, -0.2) is 18.1 Å². The van der Waals surface area contributed by atoms with Gasteiger partial charge in [0.1, 0.15) is 11.4 Å². The number of para-hydroxylation sites is 1. The SMILES string of the molecule is CC1(C)Oc2ccccc2C1NCCCC(N)=O. The van der Waals surface area contributed by atoms with E-state index in [2.05, 4.69) is 25.2 Å². The zero-order valence-electron chi connectivity index (χ0n) is 10.9. The molecule has 0 saturated carbocycles. The van der Waals surface area contributed by atoms with Crippen LogP contribution in [0, 0.1) is 0 Å². The van der Waals surface area contributed by atoms with Crippen LogP contribution in [0.1, 0.15) is 38.3 Å². The highest BCUT2D eigenvalue weighted by Crippen LogP contribution is 2.42. The summed E-state index contributed by atoms with van der Waals surface area (Å²) in [5, 5.41) is 3.45. The Morgan fingerprint density at radius 1 is 1.44 bits per heavy atom. The van der Waals surface area contributed by atoms with E-state index in [0.29, 0.717) is 6.42 Å². The number of primary amides is 1. The van der Waals surface area contributed by atoms with Crippen molar-refractivity contribution in [2.24, 2.45) is 5.73 Å². The summed E-state index contributed by atoms with van der Waals surface area (Å²) in [6.45, 7) is 4.90. The number of amides is 1. The second-order valence-electron chi connectivity index (χ2n) is 5.20. The zero-order valence-corrected chi connectivity index (χ0v) is 10.9. The minimum Gasteiger partial charge on any atom is -0.486 e. The van der Waals surface area contributed by atoms with E-state index in [0.717, 1.165) is 18.7 Å². The monoisotopic (exact) mass is 248 g/mol. The molecule has 18 heavy (non-hydrogen) atoms. The molecule has 1 unspecified atom stereocenters. The van der Waals surface area contributed by atoms with E-state index >= 15 is 0 Å². The van der Waals surface area contributed by atoms with Crippen molar-refractivity contribution in [2.75, 3.05) is 6.54 Å². The fourth-order valence-electron chi connectivity index (χ4n) is 2.39. The summed E-state index contributed by atoms with van der Waals surface area (Å²) in [5.41, 5.74) is 6.04. The standard InChI is InChI=1S/C14H20N2O2/c1-14(2)13(16-9-5-8-12(15)17)10-6-3-4-7-11(10)18-14/h3-4,6-7,13,16H,5,8-9H2,1-2H3,(H2,15,17). The van der Waals surface area contributed by atoms with Crippen molar-refractivity contribution in [3.63, 3.8) is 0 Å². The fraction of sp³-hybridized carbons (Fsp3) is 0.500. The number of nitrogens with one attached hydrogen (secondary N) is 1. The van der Waals surface area contributed by atoms with E-state index in [1.165, 1.54) is 5.56 Å². The number of ether oxygens (including phenoxy) is 1. The Morgan fingerprint density at radius 2 is 2.17 bits per heavy atom. The first-order valence-corrected chi connectivity index (χ1v) is 6.30. The second-order valence-corrected chi connectivity index (χ2v) is 5.20. The molecule has 1 aliphatic heterocycles. The second kappa shape index (κ2) is 4.98. The van der Waals surface area contributed by atoms with Gasteiger partial charge in [0, 0.05) is 12.0 Å². The lowest BCUT2D eigenvalue weighted by molar-refractivity contribution is -0.118. The number of benzene rings is 1. The van der Waals surface area contributed by atoms with Gasteiger partial charge < -0.3 is 15.8 Å². The number of nitrogens with two attached hydrogens (primary N) is 1. The molecule has 0 radical (unpaired) electrons. The van der Waals surface area contributed by atoms with Gasteiger partial charge >= 0.3 is 0 Å². The van der Waals surface area contributed by atoms with Crippen LogP contribution in [0.4, 0.5) is 0 Å². The van der Waals surface area contributed by atoms with Crippen molar-refractivity contribution in [2.45, 2.75) is 38.3 Å². The number of carbonyl (C=O) groups is 1. The predicted octanol–water partition coefficient (Wildman–Crippen LogP) is 1.75. The lowest BCUT2D eigenvalue weighted by atomic mass is 9.94. The lowest BCUT2D eigenvalue weighted by Gasteiger charge is -2.27. The lowest BCUT2D eigenvalue weighted by Crippen LogP contribution is -2.39. The number of rotatable bonds is 5. The molecule has 2 rings (SSSR count). The summed E-state index contributed by atoms with van der Waals surface area (Å²) in [6.07, 6.45) is 1.17. The molecule has 1 atom stereocenters. The molecule has 0 aliphatic carbocycles. The van der Waals surface area contributed by atoms with Crippen LogP contribution in [0.3, 0.4) is 0 Å². The van der Waals surface area contributed by atoms with Crippen molar-refractivity contribution >= 4 is 5.91 Å². The summed E-state index contributed by atoms with van der Waals surface area (Å²) in [5.74, 6) is 0.689. The normalized spacial score (nSPS) is 20.2. The molecule has 1 heterocycles. The van der Waals surface area contributed by atoms with Crippen molar-refractivity contribution < 1.29 is 9.53 Å². The van der Waals surface area contributed by atoms with Crippen LogP contribution in [0.25, 0.3) is 0 Å². The van der Waals surface area contributed by atoms with Crippen LogP contribution in [0.2, 0.25) is 0 Å². The van der Waals surface area contributed by atoms with E-state index in [9.17, 15) is 4.79 Å². The van der Waals surface area contributed by atoms with E-state index in [1.54, 1.807) is 0 Å². The maximum atomic E-state index is 10.7. The minimum absolute atomic E-state index is 0.154. The third-order valence-electron chi connectivity index (χ3n) is 3.25. The van der Waals surface area contributed by atoms with Gasteiger partial charge in [-0.15, -0.1) is 0 Å². The number of hydrogen-bond donors (Lipinski definition) is 2. The molecule has 1 aromatic carbocycles. The highest BCUT2D eigenvalue weighted by atomic mass is 16.5. The molecule has 0 aromatic heterocycles. The van der Waals surface area contributed by atoms with Crippen LogP contribution in [0.15, 0.2) is 24.3 Å². The Kier molecular flexibility index (Phi) is 3.57. The smallest absolute Gasteiger partial charge is 0.217 e. The van der Waals surface area contributed by atoms with Crippen molar-refractivity contribution in [3.05, 3.63) is 29.8 Å². The molecule has 4 heteroatoms. The Morgan fingerprint density at radius 3 is 2.89 bits per heavy atom. The molecule has 0 bridgehead atoms. The Hall–Kier alpha value is -1.55. The topological polar surface area (TPSA) is 64.3 Å². The molecule has 0 spiro atoms. The highest BCUT2D eigenvalue weighted by molar-refractivity contribution is 5.73. The summed E-state index contributed by atoms with van der Waals surface area (Å²) in [7, 11) is 0. The fourth-order valence-corrected chi connectivity index (χ4v) is 2.39. The molecule has 3 N–H and O–H groups in total. The van der Waals surface area contributed by atoms with Gasteiger partial charge in [0.25, 0.3) is 0 Å². The van der Waals surface area contributed by atoms with Crippen molar-refractivity contribution in [3.8, 4) is 5.75 Å². The predicted molar refractivity (Wildman–Crippen MR) is 70.3 cm³/mol. The van der Waals surface area contributed by atoms with Crippen LogP contribution in [0.5, 0.6) is 5.75 Å². The first kappa shape index (κ1) is 12.9. The maximum absolute atomic E-state index is 10.7. The molecular formula is C14H20N2O2. The Labute approximate surface area is 108 Å². The zero-order chi connectivity index (χ0) is 13.2. The molecular weight excluding hydrogens is 228 g/mol. The Balaban J connectivity index is 2.00. The molecule has 0 saturated heterocycles. The Bertz CT molecular complexity index is 443. The third-order valence-corrected chi connectivity index (χ3v) is 3.25. The van der Waals surface area contributed by atoms with Gasteiger partial charge in [-0.1, -0.05) is 18.2 Å². The molecule has 0 fully saturated rings. The molecule has 4 nitrogen and oxygen atoms in total. The van der Waals surface area contributed by atoms with E-state index in [-0.39, 0.29) is 17.6 Å². The average Bonchev–Trinajstić information content (AvgIpc) is 2.54. The van der Waals surface area contributed by atoms with Crippen LogP contribution < -0.4 is 15.8 Å². The first-order chi connectivity index (χ1) is 8.50. The highest BCUT2D eigenvalue weighted by Gasteiger charge is 2.40. The number of hydrogen-bond acceptors (Lipinski definition) is 3. The maximum Gasteiger partial charge on any atom is 0.217 e. The minimum atomic E-state index is -0.267. The molecule has 98 valence electrons. The van der Waals surface area contributed by atoms with Gasteiger partial charge in [-0.25, -0.2) is 0 Å². The summed E-state index contributed by atoms with van der Waals surface area (Å²) in [4.78, 5) is 10.7. The summed E-state index contributed by atoms with van der Waals surface area (Å²) in [6, 6.07) is 8.21. The van der Waals surface area contributed by atoms with Crippen molar-refractivity contribution in [1.82, 2.24) is 5.32 Å². The van der Waals surface area contributed by atoms with Gasteiger partial charge in [-0.3, -0.25) is 4.79 Å². The molecule has 1 aromatic rings. The van der Waals surface area contributed by atoms with Gasteiger partial charge in [0.05, 0.1) is 6.04 Å². The first-order valence-electron chi connectivity index (χ1n) is 6.30. The average molecular weight is 248 g/mol. The third kappa shape index (κ3) is 2.64. The molecule has 1 aliphatic rings. The summed E-state index contributed by atoms with van der Waals surface area (Å²) >= 11 is 0. The van der Waals surface area contributed by atoms with Crippen molar-refractivity contribution in [1.29, 1.82) is 0 Å². The van der Waals surface area contributed by atoms with Gasteiger partial charge in [-0.05, 0) is 32.9 Å². The van der Waals surface area contributed by atoms with E-state index in [1.807, 2.05) is 18.2 Å².